The second-order valence-electron chi connectivity index (χ2n) is 11.0. The number of hydrogen-bond donors (Lipinski definition) is 1. The lowest BCUT2D eigenvalue weighted by molar-refractivity contribution is -0.143. The first-order valence-corrected chi connectivity index (χ1v) is 16.6. The van der Waals surface area contributed by atoms with E-state index in [0.717, 1.165) is 32.6 Å². The van der Waals surface area contributed by atoms with Crippen molar-refractivity contribution in [2.24, 2.45) is 4.99 Å². The summed E-state index contributed by atoms with van der Waals surface area (Å²) < 4.78 is 9.58. The van der Waals surface area contributed by atoms with Gasteiger partial charge in [-0.3, -0.25) is 14.2 Å². The zero-order chi connectivity index (χ0) is 31.7. The summed E-state index contributed by atoms with van der Waals surface area (Å²) >= 11 is 2.90. The molecular weight excluding hydrogens is 605 g/mol. The average Bonchev–Trinajstić information content (AvgIpc) is 3.52. The Kier molecular flexibility index (Phi) is 8.60. The van der Waals surface area contributed by atoms with Crippen LogP contribution in [0, 0.1) is 0 Å². The van der Waals surface area contributed by atoms with Crippen LogP contribution in [0.4, 0.5) is 5.69 Å². The third-order valence-corrected chi connectivity index (χ3v) is 9.22. The Bertz CT molecular complexity index is 2120. The Hall–Kier alpha value is -4.67. The van der Waals surface area contributed by atoms with Gasteiger partial charge in [0.25, 0.3) is 5.56 Å². The van der Waals surface area contributed by atoms with Gasteiger partial charge in [-0.1, -0.05) is 59.9 Å². The van der Waals surface area contributed by atoms with Crippen LogP contribution in [-0.4, -0.2) is 33.4 Å². The highest BCUT2D eigenvalue weighted by Gasteiger charge is 2.33. The molecule has 0 aliphatic carbocycles. The molecule has 0 spiro atoms. The first-order valence-electron chi connectivity index (χ1n) is 14.5. The molecule has 45 heavy (non-hydrogen) atoms. The van der Waals surface area contributed by atoms with E-state index in [0.29, 0.717) is 20.6 Å². The molecular formula is C35H32N4O4S2. The summed E-state index contributed by atoms with van der Waals surface area (Å²) in [5, 5.41) is 3.85. The van der Waals surface area contributed by atoms with Crippen molar-refractivity contribution in [1.29, 1.82) is 0 Å². The molecule has 0 saturated carbocycles. The topological polar surface area (TPSA) is 94.7 Å². The molecule has 1 aliphatic rings. The smallest absolute Gasteiger partial charge is 0.338 e. The first kappa shape index (κ1) is 30.4. The van der Waals surface area contributed by atoms with E-state index in [1.807, 2.05) is 102 Å². The predicted octanol–water partition coefficient (Wildman–Crippen LogP) is 5.50. The maximum Gasteiger partial charge on any atom is 0.338 e. The summed E-state index contributed by atoms with van der Waals surface area (Å²) in [6, 6.07) is 24.3. The summed E-state index contributed by atoms with van der Waals surface area (Å²) in [5.41, 5.74) is 3.82. The van der Waals surface area contributed by atoms with Gasteiger partial charge in [-0.25, -0.2) is 9.79 Å². The number of carbonyl (C=O) groups excluding carboxylic acids is 2. The summed E-state index contributed by atoms with van der Waals surface area (Å²) in [6.07, 6.45) is 5.41. The van der Waals surface area contributed by atoms with E-state index in [-0.39, 0.29) is 24.1 Å². The van der Waals surface area contributed by atoms with Crippen LogP contribution < -0.4 is 20.2 Å². The molecule has 1 aliphatic heterocycles. The van der Waals surface area contributed by atoms with Gasteiger partial charge in [0.15, 0.2) is 4.80 Å². The summed E-state index contributed by atoms with van der Waals surface area (Å²) in [5.74, 6) is -0.645. The molecule has 0 radical (unpaired) electrons. The van der Waals surface area contributed by atoms with Crippen molar-refractivity contribution >= 4 is 57.6 Å². The first-order chi connectivity index (χ1) is 21.7. The molecule has 3 aromatic carbocycles. The lowest BCUT2D eigenvalue weighted by Crippen LogP contribution is -2.40. The average molecular weight is 637 g/mol. The van der Waals surface area contributed by atoms with Crippen LogP contribution in [0.2, 0.25) is 0 Å². The number of carbonyl (C=O) groups is 2. The Morgan fingerprint density at radius 3 is 2.47 bits per heavy atom. The number of amides is 1. The number of para-hydroxylation sites is 2. The van der Waals surface area contributed by atoms with E-state index >= 15 is 0 Å². The van der Waals surface area contributed by atoms with Crippen LogP contribution >= 0.6 is 23.1 Å². The molecule has 0 unspecified atom stereocenters. The molecule has 1 atom stereocenters. The number of esters is 1. The second kappa shape index (κ2) is 12.7. The predicted molar refractivity (Wildman–Crippen MR) is 180 cm³/mol. The summed E-state index contributed by atoms with van der Waals surface area (Å²) in [6.45, 7) is 5.49. The van der Waals surface area contributed by atoms with Crippen LogP contribution in [0.1, 0.15) is 37.9 Å². The van der Waals surface area contributed by atoms with Gasteiger partial charge < -0.3 is 14.6 Å². The molecule has 1 amide bonds. The molecule has 0 fully saturated rings. The van der Waals surface area contributed by atoms with Gasteiger partial charge in [-0.15, -0.1) is 11.8 Å². The van der Waals surface area contributed by atoms with Gasteiger partial charge in [0.1, 0.15) is 6.54 Å². The van der Waals surface area contributed by atoms with Crippen molar-refractivity contribution in [3.63, 3.8) is 0 Å². The highest BCUT2D eigenvalue weighted by atomic mass is 32.2. The van der Waals surface area contributed by atoms with E-state index in [2.05, 4.69) is 5.32 Å². The lowest BCUT2D eigenvalue weighted by atomic mass is 9.96. The third-order valence-electron chi connectivity index (χ3n) is 7.49. The maximum absolute atomic E-state index is 14.2. The Morgan fingerprint density at radius 2 is 1.76 bits per heavy atom. The second-order valence-corrected chi connectivity index (χ2v) is 12.8. The highest BCUT2D eigenvalue weighted by molar-refractivity contribution is 7.98. The molecule has 10 heteroatoms. The van der Waals surface area contributed by atoms with Gasteiger partial charge in [0.05, 0.1) is 27.9 Å². The van der Waals surface area contributed by atoms with E-state index in [9.17, 15) is 14.4 Å². The molecule has 0 saturated heterocycles. The van der Waals surface area contributed by atoms with Crippen LogP contribution in [-0.2, 0) is 20.9 Å². The number of nitrogens with one attached hydrogen (secondary N) is 1. The molecule has 2 aromatic heterocycles. The fraction of sp³-hybridized carbons (Fsp3) is 0.200. The summed E-state index contributed by atoms with van der Waals surface area (Å²) in [4.78, 5) is 46.8. The fourth-order valence-corrected chi connectivity index (χ4v) is 6.95. The Balaban J connectivity index is 1.44. The van der Waals surface area contributed by atoms with Crippen LogP contribution in [0.25, 0.3) is 17.0 Å². The monoisotopic (exact) mass is 636 g/mol. The maximum atomic E-state index is 14.2. The SMILES string of the molecule is CSc1ccc([C@H]2C(C(=O)OC(C)C)=C(C)N=c3s/c(=C\c4cn(CC(=O)Nc5ccccc5)c5ccccc45)c(=O)n32)cc1. The normalized spacial score (nSPS) is 14.9. The minimum atomic E-state index is -0.686. The number of nitrogens with zero attached hydrogens (tertiary/aromatic N) is 3. The largest absolute Gasteiger partial charge is 0.459 e. The number of ether oxygens (including phenoxy) is 1. The van der Waals surface area contributed by atoms with Crippen molar-refractivity contribution in [2.75, 3.05) is 11.6 Å². The number of benzene rings is 3. The van der Waals surface area contributed by atoms with E-state index in [4.69, 9.17) is 9.73 Å². The van der Waals surface area contributed by atoms with Crippen LogP contribution in [0.15, 0.2) is 111 Å². The molecule has 0 bridgehead atoms. The van der Waals surface area contributed by atoms with Crippen molar-refractivity contribution < 1.29 is 14.3 Å². The number of hydrogen-bond acceptors (Lipinski definition) is 7. The van der Waals surface area contributed by atoms with Gasteiger partial charge >= 0.3 is 5.97 Å². The minimum absolute atomic E-state index is 0.108. The summed E-state index contributed by atoms with van der Waals surface area (Å²) in [7, 11) is 0. The molecule has 3 heterocycles. The number of thioether (sulfide) groups is 1. The highest BCUT2D eigenvalue weighted by Crippen LogP contribution is 2.32. The number of aromatic nitrogens is 2. The van der Waals surface area contributed by atoms with Crippen molar-refractivity contribution in [3.8, 4) is 0 Å². The molecule has 8 nitrogen and oxygen atoms in total. The van der Waals surface area contributed by atoms with Gasteiger partial charge in [-0.2, -0.15) is 0 Å². The number of allylic oxidation sites excluding steroid dienone is 1. The van der Waals surface area contributed by atoms with Crippen molar-refractivity contribution in [1.82, 2.24) is 9.13 Å². The molecule has 5 aromatic rings. The zero-order valence-corrected chi connectivity index (χ0v) is 26.9. The lowest BCUT2D eigenvalue weighted by Gasteiger charge is -2.25. The zero-order valence-electron chi connectivity index (χ0n) is 25.3. The van der Waals surface area contributed by atoms with Crippen LogP contribution in [0.3, 0.4) is 0 Å². The van der Waals surface area contributed by atoms with Crippen molar-refractivity contribution in [3.05, 3.63) is 127 Å². The quantitative estimate of drug-likeness (QED) is 0.179. The van der Waals surface area contributed by atoms with Gasteiger partial charge in [-0.05, 0) is 69.0 Å². The molecule has 1 N–H and O–H groups in total. The molecule has 228 valence electrons. The van der Waals surface area contributed by atoms with Crippen LogP contribution in [0.5, 0.6) is 0 Å². The third kappa shape index (κ3) is 6.16. The minimum Gasteiger partial charge on any atom is -0.459 e. The van der Waals surface area contributed by atoms with Gasteiger partial charge in [0.2, 0.25) is 5.91 Å². The van der Waals surface area contributed by atoms with E-state index in [1.54, 1.807) is 37.1 Å². The van der Waals surface area contributed by atoms with E-state index < -0.39 is 12.0 Å². The molecule has 6 rings (SSSR count). The van der Waals surface area contributed by atoms with Gasteiger partial charge in [0, 0.05) is 33.2 Å². The standard InChI is InChI=1S/C35H32N4O4S2/c1-21(2)43-34(42)31-22(3)36-35-39(32(31)23-14-16-26(44-4)17-15-23)33(41)29(45-35)18-24-19-38(28-13-9-8-12-27(24)28)20-30(40)37-25-10-6-5-7-11-25/h5-19,21,32H,20H2,1-4H3,(H,37,40)/b29-18-/t32-/m0/s1. The Morgan fingerprint density at radius 1 is 1.04 bits per heavy atom. The fourth-order valence-electron chi connectivity index (χ4n) is 5.50. The number of rotatable bonds is 8. The Labute approximate surface area is 268 Å². The van der Waals surface area contributed by atoms with E-state index in [1.165, 1.54) is 11.3 Å². The number of anilines is 1. The van der Waals surface area contributed by atoms with Crippen molar-refractivity contribution in [2.45, 2.75) is 44.4 Å². The number of fused-ring (bicyclic) bond motifs is 2. The number of thiazole rings is 1.